The van der Waals surface area contributed by atoms with Crippen LogP contribution in [-0.4, -0.2) is 56.7 Å². The second-order valence-corrected chi connectivity index (χ2v) is 9.75. The summed E-state index contributed by atoms with van der Waals surface area (Å²) in [5, 5.41) is 5.89. The molecule has 34 heavy (non-hydrogen) atoms. The molecule has 1 saturated carbocycles. The summed E-state index contributed by atoms with van der Waals surface area (Å²) in [5.74, 6) is 2.43. The third kappa shape index (κ3) is 4.52. The molecule has 1 aliphatic carbocycles. The minimum atomic E-state index is 0.230. The Bertz CT molecular complexity index is 1130. The maximum Gasteiger partial charge on any atom is 0.225 e. The lowest BCUT2D eigenvalue weighted by molar-refractivity contribution is -0.136. The largest absolute Gasteiger partial charge is 0.354 e. The highest BCUT2D eigenvalue weighted by molar-refractivity contribution is 5.91. The zero-order valence-electron chi connectivity index (χ0n) is 20.5. The predicted octanol–water partition coefficient (Wildman–Crippen LogP) is 4.70. The number of fused-ring (bicyclic) bond motifs is 1. The van der Waals surface area contributed by atoms with Gasteiger partial charge >= 0.3 is 0 Å². The van der Waals surface area contributed by atoms with Crippen LogP contribution in [0.4, 0.5) is 5.82 Å². The van der Waals surface area contributed by atoms with Gasteiger partial charge in [-0.15, -0.1) is 0 Å². The summed E-state index contributed by atoms with van der Waals surface area (Å²) in [4.78, 5) is 27.6. The molecule has 180 valence electrons. The first kappa shape index (κ1) is 22.8. The van der Waals surface area contributed by atoms with E-state index in [-0.39, 0.29) is 5.92 Å². The number of amides is 1. The standard InChI is InChI=1S/C27H36N6O/c1-3-11-23-28-25(24-20(2)30-33(26(24)29-23)22-14-8-5-9-15-22)31-16-10-17-32(19-18-31)27(34)21-12-6-4-7-13-21/h5,8-9,14-15,21H,3-4,6-7,10-13,16-19H2,1-2H3. The summed E-state index contributed by atoms with van der Waals surface area (Å²) in [7, 11) is 0. The minimum absolute atomic E-state index is 0.230. The number of para-hydroxylation sites is 1. The number of aryl methyl sites for hydroxylation is 2. The molecule has 1 aliphatic heterocycles. The van der Waals surface area contributed by atoms with Crippen LogP contribution in [0.25, 0.3) is 16.7 Å². The lowest BCUT2D eigenvalue weighted by atomic mass is 9.88. The van der Waals surface area contributed by atoms with Crippen molar-refractivity contribution in [2.45, 2.75) is 65.2 Å². The SMILES string of the molecule is CCCc1nc(N2CCCN(C(=O)C3CCCCC3)CC2)c2c(C)nn(-c3ccccc3)c2n1. The van der Waals surface area contributed by atoms with Crippen molar-refractivity contribution in [1.82, 2.24) is 24.6 Å². The molecule has 0 unspecified atom stereocenters. The highest BCUT2D eigenvalue weighted by Crippen LogP contribution is 2.31. The first-order valence-corrected chi connectivity index (χ1v) is 13.0. The van der Waals surface area contributed by atoms with E-state index in [9.17, 15) is 4.79 Å². The van der Waals surface area contributed by atoms with E-state index in [1.54, 1.807) is 0 Å². The summed E-state index contributed by atoms with van der Waals surface area (Å²) in [5.41, 5.74) is 2.82. The van der Waals surface area contributed by atoms with Crippen LogP contribution in [0.2, 0.25) is 0 Å². The van der Waals surface area contributed by atoms with Gasteiger partial charge in [0.15, 0.2) is 5.65 Å². The Labute approximate surface area is 202 Å². The zero-order valence-corrected chi connectivity index (χ0v) is 20.5. The monoisotopic (exact) mass is 460 g/mol. The molecule has 2 aromatic heterocycles. The van der Waals surface area contributed by atoms with Gasteiger partial charge in [-0.3, -0.25) is 4.79 Å². The molecule has 3 heterocycles. The first-order valence-electron chi connectivity index (χ1n) is 13.0. The van der Waals surface area contributed by atoms with Crippen LogP contribution < -0.4 is 4.90 Å². The molecule has 0 N–H and O–H groups in total. The van der Waals surface area contributed by atoms with Crippen molar-refractivity contribution in [3.8, 4) is 5.69 Å². The summed E-state index contributed by atoms with van der Waals surface area (Å²) >= 11 is 0. The number of carbonyl (C=O) groups excluding carboxylic acids is 1. The predicted molar refractivity (Wildman–Crippen MR) is 135 cm³/mol. The number of hydrogen-bond donors (Lipinski definition) is 0. The molecule has 2 aliphatic rings. The van der Waals surface area contributed by atoms with Crippen molar-refractivity contribution in [2.24, 2.45) is 5.92 Å². The molecule has 7 heteroatoms. The molecule has 0 spiro atoms. The van der Waals surface area contributed by atoms with Crippen molar-refractivity contribution < 1.29 is 4.79 Å². The number of hydrogen-bond acceptors (Lipinski definition) is 5. The number of aromatic nitrogens is 4. The molecule has 0 bridgehead atoms. The van der Waals surface area contributed by atoms with Gasteiger partial charge in [-0.1, -0.05) is 44.4 Å². The Hall–Kier alpha value is -2.96. The highest BCUT2D eigenvalue weighted by Gasteiger charge is 2.29. The van der Waals surface area contributed by atoms with Gasteiger partial charge in [0, 0.05) is 38.5 Å². The molecule has 2 fully saturated rings. The highest BCUT2D eigenvalue weighted by atomic mass is 16.2. The van der Waals surface area contributed by atoms with E-state index in [4.69, 9.17) is 15.1 Å². The van der Waals surface area contributed by atoms with Crippen LogP contribution in [0.15, 0.2) is 30.3 Å². The quantitative estimate of drug-likeness (QED) is 0.552. The molecule has 1 saturated heterocycles. The fourth-order valence-corrected chi connectivity index (χ4v) is 5.48. The van der Waals surface area contributed by atoms with Crippen molar-refractivity contribution in [2.75, 3.05) is 31.1 Å². The molecule has 1 aromatic carbocycles. The smallest absolute Gasteiger partial charge is 0.225 e. The fraction of sp³-hybridized carbons (Fsp3) is 0.556. The number of anilines is 1. The number of benzene rings is 1. The van der Waals surface area contributed by atoms with Gasteiger partial charge < -0.3 is 9.80 Å². The maximum atomic E-state index is 13.2. The normalized spacial score (nSPS) is 17.8. The fourth-order valence-electron chi connectivity index (χ4n) is 5.48. The van der Waals surface area contributed by atoms with E-state index < -0.39 is 0 Å². The summed E-state index contributed by atoms with van der Waals surface area (Å²) in [6.07, 6.45) is 8.57. The molecular formula is C27H36N6O. The van der Waals surface area contributed by atoms with Crippen LogP contribution >= 0.6 is 0 Å². The molecule has 1 amide bonds. The summed E-state index contributed by atoms with van der Waals surface area (Å²) in [6, 6.07) is 10.2. The molecular weight excluding hydrogens is 424 g/mol. The van der Waals surface area contributed by atoms with E-state index in [0.29, 0.717) is 5.91 Å². The van der Waals surface area contributed by atoms with Gasteiger partial charge in [0.1, 0.15) is 11.6 Å². The van der Waals surface area contributed by atoms with E-state index in [0.717, 1.165) is 92.3 Å². The molecule has 0 atom stereocenters. The van der Waals surface area contributed by atoms with Crippen molar-refractivity contribution in [1.29, 1.82) is 0 Å². The van der Waals surface area contributed by atoms with Crippen LogP contribution in [0, 0.1) is 12.8 Å². The summed E-state index contributed by atoms with van der Waals surface area (Å²) in [6.45, 7) is 7.49. The van der Waals surface area contributed by atoms with E-state index in [1.165, 1.54) is 19.3 Å². The molecule has 5 rings (SSSR count). The Kier molecular flexibility index (Phi) is 6.79. The first-order chi connectivity index (χ1) is 16.7. The number of rotatable bonds is 5. The van der Waals surface area contributed by atoms with Gasteiger partial charge in [0.25, 0.3) is 0 Å². The van der Waals surface area contributed by atoms with Crippen molar-refractivity contribution in [3.05, 3.63) is 41.9 Å². The van der Waals surface area contributed by atoms with Crippen LogP contribution in [0.3, 0.4) is 0 Å². The average Bonchev–Trinajstić information content (AvgIpc) is 3.04. The topological polar surface area (TPSA) is 67.2 Å². The second kappa shape index (κ2) is 10.1. The molecule has 7 nitrogen and oxygen atoms in total. The Morgan fingerprint density at radius 1 is 0.971 bits per heavy atom. The lowest BCUT2D eigenvalue weighted by Gasteiger charge is -2.28. The minimum Gasteiger partial charge on any atom is -0.354 e. The average molecular weight is 461 g/mol. The van der Waals surface area contributed by atoms with Crippen molar-refractivity contribution >= 4 is 22.8 Å². The van der Waals surface area contributed by atoms with Gasteiger partial charge in [0.2, 0.25) is 5.91 Å². The third-order valence-corrected chi connectivity index (χ3v) is 7.27. The summed E-state index contributed by atoms with van der Waals surface area (Å²) < 4.78 is 1.95. The van der Waals surface area contributed by atoms with Gasteiger partial charge in [-0.2, -0.15) is 5.10 Å². The van der Waals surface area contributed by atoms with E-state index in [2.05, 4.69) is 28.9 Å². The van der Waals surface area contributed by atoms with Crippen LogP contribution in [0.5, 0.6) is 0 Å². The third-order valence-electron chi connectivity index (χ3n) is 7.27. The van der Waals surface area contributed by atoms with Gasteiger partial charge in [0.05, 0.1) is 16.8 Å². The van der Waals surface area contributed by atoms with Gasteiger partial charge in [-0.05, 0) is 44.7 Å². The Morgan fingerprint density at radius 3 is 2.53 bits per heavy atom. The molecule has 3 aromatic rings. The Morgan fingerprint density at radius 2 is 1.76 bits per heavy atom. The van der Waals surface area contributed by atoms with Gasteiger partial charge in [-0.25, -0.2) is 14.6 Å². The van der Waals surface area contributed by atoms with E-state index >= 15 is 0 Å². The van der Waals surface area contributed by atoms with Crippen LogP contribution in [-0.2, 0) is 11.2 Å². The van der Waals surface area contributed by atoms with E-state index in [1.807, 2.05) is 29.8 Å². The maximum absolute atomic E-state index is 13.2. The molecule has 0 radical (unpaired) electrons. The zero-order chi connectivity index (χ0) is 23.5. The number of nitrogens with zero attached hydrogens (tertiary/aromatic N) is 6. The van der Waals surface area contributed by atoms with Crippen molar-refractivity contribution in [3.63, 3.8) is 0 Å². The lowest BCUT2D eigenvalue weighted by Crippen LogP contribution is -2.39. The Balaban J connectivity index is 1.47. The second-order valence-electron chi connectivity index (χ2n) is 9.75. The van der Waals surface area contributed by atoms with Crippen LogP contribution in [0.1, 0.15) is 63.4 Å². The number of carbonyl (C=O) groups is 1.